The van der Waals surface area contributed by atoms with Crippen molar-refractivity contribution in [1.82, 2.24) is 4.90 Å². The van der Waals surface area contributed by atoms with Crippen LogP contribution >= 0.6 is 11.6 Å². The van der Waals surface area contributed by atoms with Crippen LogP contribution in [-0.4, -0.2) is 35.9 Å². The third-order valence-electron chi connectivity index (χ3n) is 5.42. The molecule has 0 saturated carbocycles. The molecule has 0 spiro atoms. The number of rotatable bonds is 7. The molecule has 0 aliphatic carbocycles. The Hall–Kier alpha value is -3.91. The molecule has 34 heavy (non-hydrogen) atoms. The maximum Gasteiger partial charge on any atom is 0.332 e. The number of anilines is 2. The lowest BCUT2D eigenvalue weighted by Gasteiger charge is -2.21. The zero-order valence-electron chi connectivity index (χ0n) is 18.2. The average Bonchev–Trinajstić information content (AvgIpc) is 3.06. The predicted molar refractivity (Wildman–Crippen MR) is 126 cm³/mol. The van der Waals surface area contributed by atoms with E-state index in [0.29, 0.717) is 27.7 Å². The number of amides is 4. The third kappa shape index (κ3) is 5.02. The van der Waals surface area contributed by atoms with Gasteiger partial charge in [0.15, 0.2) is 0 Å². The number of hydrogen-bond donors (Lipinski definition) is 1. The number of carbonyl (C=O) groups is 3. The monoisotopic (exact) mass is 481 g/mol. The number of methoxy groups -OCH3 is 1. The molecular formula is C25H21ClFN3O4. The number of nitrogens with one attached hydrogen (secondary N) is 1. The molecule has 1 unspecified atom stereocenters. The van der Waals surface area contributed by atoms with Crippen LogP contribution in [0.15, 0.2) is 72.8 Å². The fourth-order valence-corrected chi connectivity index (χ4v) is 3.82. The van der Waals surface area contributed by atoms with Crippen molar-refractivity contribution in [3.8, 4) is 5.75 Å². The van der Waals surface area contributed by atoms with Gasteiger partial charge in [-0.2, -0.15) is 0 Å². The van der Waals surface area contributed by atoms with Crippen molar-refractivity contribution in [3.63, 3.8) is 0 Å². The minimum Gasteiger partial charge on any atom is -0.497 e. The van der Waals surface area contributed by atoms with E-state index in [9.17, 15) is 18.8 Å². The summed E-state index contributed by atoms with van der Waals surface area (Å²) in [5.41, 5.74) is 1.51. The van der Waals surface area contributed by atoms with Gasteiger partial charge in [-0.05, 0) is 66.2 Å². The van der Waals surface area contributed by atoms with E-state index in [1.54, 1.807) is 48.5 Å². The molecule has 1 atom stereocenters. The summed E-state index contributed by atoms with van der Waals surface area (Å²) < 4.78 is 18.5. The average molecular weight is 482 g/mol. The summed E-state index contributed by atoms with van der Waals surface area (Å²) in [6.45, 7) is 0.0381. The van der Waals surface area contributed by atoms with Gasteiger partial charge in [-0.25, -0.2) is 14.1 Å². The minimum atomic E-state index is -1.04. The van der Waals surface area contributed by atoms with Gasteiger partial charge in [0.2, 0.25) is 5.91 Å². The van der Waals surface area contributed by atoms with E-state index in [2.05, 4.69) is 5.32 Å². The molecule has 7 nitrogen and oxygen atoms in total. The fourth-order valence-electron chi connectivity index (χ4n) is 3.69. The Balaban J connectivity index is 1.59. The number of nitrogens with zero attached hydrogens (tertiary/aromatic N) is 2. The van der Waals surface area contributed by atoms with Gasteiger partial charge in [-0.1, -0.05) is 23.7 Å². The maximum atomic E-state index is 13.4. The highest BCUT2D eigenvalue weighted by Gasteiger charge is 2.46. The molecule has 1 saturated heterocycles. The molecule has 3 aromatic carbocycles. The highest BCUT2D eigenvalue weighted by molar-refractivity contribution is 6.30. The van der Waals surface area contributed by atoms with E-state index in [-0.39, 0.29) is 13.0 Å². The molecular weight excluding hydrogens is 461 g/mol. The number of hydrogen-bond acceptors (Lipinski definition) is 4. The fraction of sp³-hybridized carbons (Fsp3) is 0.160. The molecule has 1 N–H and O–H groups in total. The minimum absolute atomic E-state index is 0.0381. The molecule has 0 radical (unpaired) electrons. The Kier molecular flexibility index (Phi) is 6.79. The summed E-state index contributed by atoms with van der Waals surface area (Å²) in [7, 11) is 1.51. The first-order valence-corrected chi connectivity index (χ1v) is 10.8. The Morgan fingerprint density at radius 1 is 1.00 bits per heavy atom. The quantitative estimate of drug-likeness (QED) is 0.489. The first-order valence-electron chi connectivity index (χ1n) is 10.4. The summed E-state index contributed by atoms with van der Waals surface area (Å²) in [5, 5.41) is 3.24. The first-order chi connectivity index (χ1) is 16.4. The smallest absolute Gasteiger partial charge is 0.332 e. The van der Waals surface area contributed by atoms with Crippen LogP contribution in [0, 0.1) is 5.82 Å². The number of imide groups is 1. The normalized spacial score (nSPS) is 15.6. The molecule has 1 aliphatic rings. The van der Waals surface area contributed by atoms with Gasteiger partial charge in [-0.15, -0.1) is 0 Å². The molecule has 174 valence electrons. The zero-order chi connectivity index (χ0) is 24.2. The van der Waals surface area contributed by atoms with Gasteiger partial charge in [0.1, 0.15) is 17.6 Å². The Morgan fingerprint density at radius 3 is 2.26 bits per heavy atom. The van der Waals surface area contributed by atoms with Crippen molar-refractivity contribution in [3.05, 3.63) is 89.2 Å². The summed E-state index contributed by atoms with van der Waals surface area (Å²) in [5.74, 6) is -0.797. The summed E-state index contributed by atoms with van der Waals surface area (Å²) >= 11 is 5.88. The number of ether oxygens (including phenoxy) is 1. The van der Waals surface area contributed by atoms with Crippen molar-refractivity contribution in [2.24, 2.45) is 0 Å². The number of benzene rings is 3. The second-order valence-corrected chi connectivity index (χ2v) is 8.12. The molecule has 1 fully saturated rings. The van der Waals surface area contributed by atoms with Gasteiger partial charge < -0.3 is 15.0 Å². The van der Waals surface area contributed by atoms with Crippen molar-refractivity contribution in [2.75, 3.05) is 17.3 Å². The van der Waals surface area contributed by atoms with Crippen molar-refractivity contribution < 1.29 is 23.5 Å². The van der Waals surface area contributed by atoms with Crippen LogP contribution in [0.4, 0.5) is 20.6 Å². The van der Waals surface area contributed by atoms with Crippen molar-refractivity contribution in [1.29, 1.82) is 0 Å². The van der Waals surface area contributed by atoms with E-state index in [1.165, 1.54) is 36.3 Å². The summed E-state index contributed by atoms with van der Waals surface area (Å²) in [6.07, 6.45) is -0.249. The van der Waals surface area contributed by atoms with Gasteiger partial charge in [0.25, 0.3) is 5.91 Å². The Bertz CT molecular complexity index is 1200. The highest BCUT2D eigenvalue weighted by Crippen LogP contribution is 2.30. The molecule has 1 aliphatic heterocycles. The van der Waals surface area contributed by atoms with Crippen LogP contribution in [-0.2, 0) is 16.1 Å². The van der Waals surface area contributed by atoms with Crippen molar-refractivity contribution in [2.45, 2.75) is 19.0 Å². The first kappa shape index (κ1) is 23.3. The summed E-state index contributed by atoms with van der Waals surface area (Å²) in [6, 6.07) is 17.1. The number of halogens is 2. The highest BCUT2D eigenvalue weighted by atomic mass is 35.5. The second-order valence-electron chi connectivity index (χ2n) is 7.68. The number of urea groups is 1. The van der Waals surface area contributed by atoms with Gasteiger partial charge in [0, 0.05) is 17.3 Å². The topological polar surface area (TPSA) is 79.0 Å². The van der Waals surface area contributed by atoms with E-state index in [0.717, 1.165) is 4.90 Å². The van der Waals surface area contributed by atoms with Crippen molar-refractivity contribution >= 4 is 40.8 Å². The van der Waals surface area contributed by atoms with Crippen LogP contribution in [0.25, 0.3) is 0 Å². The van der Waals surface area contributed by atoms with E-state index in [4.69, 9.17) is 16.3 Å². The third-order valence-corrected chi connectivity index (χ3v) is 5.67. The Morgan fingerprint density at radius 2 is 1.65 bits per heavy atom. The molecule has 4 amide bonds. The van der Waals surface area contributed by atoms with Crippen LogP contribution in [0.3, 0.4) is 0 Å². The Labute approximate surface area is 200 Å². The predicted octanol–water partition coefficient (Wildman–Crippen LogP) is 4.85. The van der Waals surface area contributed by atoms with Gasteiger partial charge in [-0.3, -0.25) is 9.59 Å². The molecule has 1 heterocycles. The van der Waals surface area contributed by atoms with Gasteiger partial charge >= 0.3 is 6.03 Å². The van der Waals surface area contributed by atoms with E-state index >= 15 is 0 Å². The van der Waals surface area contributed by atoms with Crippen LogP contribution < -0.4 is 15.0 Å². The van der Waals surface area contributed by atoms with E-state index < -0.39 is 29.7 Å². The summed E-state index contributed by atoms with van der Waals surface area (Å²) in [4.78, 5) is 41.8. The lowest BCUT2D eigenvalue weighted by molar-refractivity contribution is -0.124. The van der Waals surface area contributed by atoms with Crippen LogP contribution in [0.5, 0.6) is 5.75 Å². The number of carbonyl (C=O) groups excluding carboxylic acids is 3. The van der Waals surface area contributed by atoms with Gasteiger partial charge in [0.05, 0.1) is 19.2 Å². The second kappa shape index (κ2) is 9.93. The SMILES string of the molecule is COc1ccc(N2C(=O)C(CC(=O)Nc3ccc(Cl)cc3)N(Cc3ccc(F)cc3)C2=O)cc1. The largest absolute Gasteiger partial charge is 0.497 e. The van der Waals surface area contributed by atoms with Crippen LogP contribution in [0.1, 0.15) is 12.0 Å². The molecule has 0 aromatic heterocycles. The molecule has 0 bridgehead atoms. The molecule has 3 aromatic rings. The molecule has 9 heteroatoms. The zero-order valence-corrected chi connectivity index (χ0v) is 19.0. The van der Waals surface area contributed by atoms with Crippen LogP contribution in [0.2, 0.25) is 5.02 Å². The standard InChI is InChI=1S/C25H21ClFN3O4/c1-34-21-12-10-20(11-13-21)30-24(32)22(14-23(31)28-19-8-4-17(26)5-9-19)29(25(30)33)15-16-2-6-18(27)7-3-16/h2-13,22H,14-15H2,1H3,(H,28,31). The molecule has 4 rings (SSSR count). The maximum absolute atomic E-state index is 13.4. The lowest BCUT2D eigenvalue weighted by Crippen LogP contribution is -2.37. The van der Waals surface area contributed by atoms with E-state index in [1.807, 2.05) is 0 Å². The lowest BCUT2D eigenvalue weighted by atomic mass is 10.1.